The van der Waals surface area contributed by atoms with Crippen molar-refractivity contribution in [2.75, 3.05) is 6.61 Å². The van der Waals surface area contributed by atoms with Gasteiger partial charge in [-0.25, -0.2) is 14.8 Å². The van der Waals surface area contributed by atoms with Crippen LogP contribution in [0.5, 0.6) is 5.95 Å². The summed E-state index contributed by atoms with van der Waals surface area (Å²) in [6.07, 6.45) is 1.96. The number of nitrogens with one attached hydrogen (secondary N) is 1. The van der Waals surface area contributed by atoms with Crippen molar-refractivity contribution in [2.45, 2.75) is 13.0 Å². The Morgan fingerprint density at radius 3 is 2.95 bits per heavy atom. The first-order valence-corrected chi connectivity index (χ1v) is 6.54. The SMILES string of the molecule is CC(COc1cnc(-c2ccc(Br)cn2)o1)NC(=O)O. The first-order chi connectivity index (χ1) is 9.54. The van der Waals surface area contributed by atoms with Crippen molar-refractivity contribution < 1.29 is 19.1 Å². The van der Waals surface area contributed by atoms with Gasteiger partial charge >= 0.3 is 12.0 Å². The highest BCUT2D eigenvalue weighted by Crippen LogP contribution is 2.22. The van der Waals surface area contributed by atoms with Crippen molar-refractivity contribution >= 4 is 22.0 Å². The minimum absolute atomic E-state index is 0.148. The van der Waals surface area contributed by atoms with Gasteiger partial charge in [0.2, 0.25) is 5.89 Å². The Hall–Kier alpha value is -2.09. The van der Waals surface area contributed by atoms with E-state index in [2.05, 4.69) is 31.2 Å². The maximum absolute atomic E-state index is 10.4. The molecule has 106 valence electrons. The van der Waals surface area contributed by atoms with Crippen LogP contribution >= 0.6 is 15.9 Å². The highest BCUT2D eigenvalue weighted by Gasteiger charge is 2.11. The maximum atomic E-state index is 10.4. The molecule has 2 heterocycles. The molecule has 0 saturated heterocycles. The van der Waals surface area contributed by atoms with Crippen LogP contribution in [0.15, 0.2) is 33.4 Å². The van der Waals surface area contributed by atoms with E-state index in [4.69, 9.17) is 14.3 Å². The van der Waals surface area contributed by atoms with Gasteiger partial charge in [-0.05, 0) is 35.0 Å². The fourth-order valence-electron chi connectivity index (χ4n) is 1.41. The number of nitrogens with zero attached hydrogens (tertiary/aromatic N) is 2. The zero-order valence-electron chi connectivity index (χ0n) is 10.5. The quantitative estimate of drug-likeness (QED) is 0.867. The Morgan fingerprint density at radius 1 is 1.50 bits per heavy atom. The lowest BCUT2D eigenvalue weighted by molar-refractivity contribution is 0.176. The summed E-state index contributed by atoms with van der Waals surface area (Å²) in [5.74, 6) is 0.551. The molecule has 1 unspecified atom stereocenters. The average molecular weight is 342 g/mol. The van der Waals surface area contributed by atoms with Gasteiger partial charge < -0.3 is 19.6 Å². The van der Waals surface area contributed by atoms with Crippen LogP contribution in [0.1, 0.15) is 6.92 Å². The van der Waals surface area contributed by atoms with E-state index in [1.807, 2.05) is 6.07 Å². The number of ether oxygens (including phenoxy) is 1. The summed E-state index contributed by atoms with van der Waals surface area (Å²) in [4.78, 5) is 18.6. The van der Waals surface area contributed by atoms with E-state index in [9.17, 15) is 4.79 Å². The second-order valence-corrected chi connectivity index (χ2v) is 4.92. The summed E-state index contributed by atoms with van der Waals surface area (Å²) in [6.45, 7) is 1.83. The normalized spacial score (nSPS) is 11.9. The average Bonchev–Trinajstić information content (AvgIpc) is 2.85. The van der Waals surface area contributed by atoms with Crippen LogP contribution < -0.4 is 10.1 Å². The molecule has 0 aliphatic carbocycles. The molecule has 0 saturated carbocycles. The summed E-state index contributed by atoms with van der Waals surface area (Å²) in [6, 6.07) is 3.23. The van der Waals surface area contributed by atoms with Crippen molar-refractivity contribution in [2.24, 2.45) is 0 Å². The van der Waals surface area contributed by atoms with Crippen molar-refractivity contribution in [1.82, 2.24) is 15.3 Å². The third-order valence-corrected chi connectivity index (χ3v) is 2.75. The van der Waals surface area contributed by atoms with Gasteiger partial charge in [0.15, 0.2) is 0 Å². The predicted octanol–water partition coefficient (Wildman–Crippen LogP) is 2.53. The molecule has 2 aromatic rings. The Labute approximate surface area is 123 Å². The zero-order chi connectivity index (χ0) is 14.5. The Balaban J connectivity index is 1.95. The number of carboxylic acid groups (broad SMARTS) is 1. The second kappa shape index (κ2) is 6.38. The van der Waals surface area contributed by atoms with Crippen molar-refractivity contribution in [3.63, 3.8) is 0 Å². The molecule has 1 amide bonds. The van der Waals surface area contributed by atoms with Crippen LogP contribution in [0.25, 0.3) is 11.6 Å². The highest BCUT2D eigenvalue weighted by atomic mass is 79.9. The number of rotatable bonds is 5. The third-order valence-electron chi connectivity index (χ3n) is 2.28. The van der Waals surface area contributed by atoms with E-state index in [1.165, 1.54) is 6.20 Å². The van der Waals surface area contributed by atoms with E-state index in [-0.39, 0.29) is 18.6 Å². The summed E-state index contributed by atoms with van der Waals surface area (Å²) in [5, 5.41) is 10.8. The van der Waals surface area contributed by atoms with Gasteiger partial charge in [0.05, 0.1) is 6.04 Å². The summed E-state index contributed by atoms with van der Waals surface area (Å²) in [5.41, 5.74) is 0.583. The van der Waals surface area contributed by atoms with E-state index in [0.29, 0.717) is 11.6 Å². The number of hydrogen-bond donors (Lipinski definition) is 2. The Bertz CT molecular complexity index is 585. The van der Waals surface area contributed by atoms with Gasteiger partial charge in [0.1, 0.15) is 18.5 Å². The van der Waals surface area contributed by atoms with Gasteiger partial charge in [0, 0.05) is 10.7 Å². The molecule has 2 N–H and O–H groups in total. The summed E-state index contributed by atoms with van der Waals surface area (Å²) in [7, 11) is 0. The van der Waals surface area contributed by atoms with Crippen LogP contribution in [-0.2, 0) is 0 Å². The molecule has 7 nitrogen and oxygen atoms in total. The molecular weight excluding hydrogens is 330 g/mol. The first-order valence-electron chi connectivity index (χ1n) is 5.74. The van der Waals surface area contributed by atoms with Gasteiger partial charge in [-0.3, -0.25) is 0 Å². The molecular formula is C12H12BrN3O4. The van der Waals surface area contributed by atoms with Gasteiger partial charge in [0.25, 0.3) is 0 Å². The first kappa shape index (κ1) is 14.3. The highest BCUT2D eigenvalue weighted by molar-refractivity contribution is 9.10. The molecule has 0 bridgehead atoms. The minimum Gasteiger partial charge on any atom is -0.465 e. The largest absolute Gasteiger partial charge is 0.465 e. The van der Waals surface area contributed by atoms with E-state index < -0.39 is 6.09 Å². The number of amides is 1. The number of aromatic nitrogens is 2. The molecule has 2 aromatic heterocycles. The lowest BCUT2D eigenvalue weighted by Crippen LogP contribution is -2.35. The standard InChI is InChI=1S/C12H12BrN3O4/c1-7(16-12(17)18)6-19-10-5-15-11(20-10)9-3-2-8(13)4-14-9/h2-5,7,16H,6H2,1H3,(H,17,18). The molecule has 0 aliphatic heterocycles. The maximum Gasteiger partial charge on any atom is 0.404 e. The molecule has 2 rings (SSSR count). The minimum atomic E-state index is -1.10. The smallest absolute Gasteiger partial charge is 0.404 e. The fraction of sp³-hybridized carbons (Fsp3) is 0.250. The molecule has 0 aromatic carbocycles. The van der Waals surface area contributed by atoms with E-state index in [1.54, 1.807) is 19.2 Å². The topological polar surface area (TPSA) is 97.5 Å². The monoisotopic (exact) mass is 341 g/mol. The van der Waals surface area contributed by atoms with Crippen LogP contribution in [0.3, 0.4) is 0 Å². The molecule has 20 heavy (non-hydrogen) atoms. The molecule has 0 aliphatic rings. The number of carbonyl (C=O) groups is 1. The fourth-order valence-corrected chi connectivity index (χ4v) is 1.64. The summed E-state index contributed by atoms with van der Waals surface area (Å²) >= 11 is 3.29. The third kappa shape index (κ3) is 3.95. The van der Waals surface area contributed by atoms with Crippen molar-refractivity contribution in [3.8, 4) is 17.5 Å². The second-order valence-electron chi connectivity index (χ2n) is 4.01. The van der Waals surface area contributed by atoms with Gasteiger partial charge in [-0.2, -0.15) is 0 Å². The number of oxazole rings is 1. The van der Waals surface area contributed by atoms with Crippen molar-refractivity contribution in [1.29, 1.82) is 0 Å². The predicted molar refractivity (Wildman–Crippen MR) is 73.6 cm³/mol. The molecule has 0 spiro atoms. The molecule has 1 atom stereocenters. The molecule has 8 heteroatoms. The number of pyridine rings is 1. The van der Waals surface area contributed by atoms with Crippen LogP contribution in [0.2, 0.25) is 0 Å². The lowest BCUT2D eigenvalue weighted by atomic mass is 10.3. The summed E-state index contributed by atoms with van der Waals surface area (Å²) < 4.78 is 11.5. The van der Waals surface area contributed by atoms with Crippen LogP contribution in [0, 0.1) is 0 Å². The van der Waals surface area contributed by atoms with Crippen molar-refractivity contribution in [3.05, 3.63) is 29.0 Å². The van der Waals surface area contributed by atoms with Gasteiger partial charge in [-0.1, -0.05) is 0 Å². The van der Waals surface area contributed by atoms with Crippen LogP contribution in [-0.4, -0.2) is 33.8 Å². The van der Waals surface area contributed by atoms with E-state index in [0.717, 1.165) is 4.47 Å². The zero-order valence-corrected chi connectivity index (χ0v) is 12.1. The Kier molecular flexibility index (Phi) is 4.57. The van der Waals surface area contributed by atoms with Gasteiger partial charge in [-0.15, -0.1) is 0 Å². The molecule has 0 radical (unpaired) electrons. The Morgan fingerprint density at radius 2 is 2.30 bits per heavy atom. The number of halogens is 1. The number of hydrogen-bond acceptors (Lipinski definition) is 5. The van der Waals surface area contributed by atoms with Crippen LogP contribution in [0.4, 0.5) is 4.79 Å². The molecule has 0 fully saturated rings. The van der Waals surface area contributed by atoms with E-state index >= 15 is 0 Å². The lowest BCUT2D eigenvalue weighted by Gasteiger charge is -2.10.